The largest absolute Gasteiger partial charge is 0.312 e. The van der Waals surface area contributed by atoms with Gasteiger partial charge in [-0.2, -0.15) is 0 Å². The number of carbonyl (C=O) groups excluding carboxylic acids is 3. The first kappa shape index (κ1) is 18.6. The Balaban J connectivity index is 1.53. The number of rotatable bonds is 5. The Morgan fingerprint density at radius 3 is 2.52 bits per heavy atom. The van der Waals surface area contributed by atoms with Crippen LogP contribution in [0.5, 0.6) is 0 Å². The van der Waals surface area contributed by atoms with E-state index in [4.69, 9.17) is 0 Å². The summed E-state index contributed by atoms with van der Waals surface area (Å²) in [5.41, 5.74) is 7.68. The molecule has 6 nitrogen and oxygen atoms in total. The van der Waals surface area contributed by atoms with Crippen molar-refractivity contribution in [1.82, 2.24) is 10.9 Å². The summed E-state index contributed by atoms with van der Waals surface area (Å²) in [6.07, 6.45) is 1.20. The summed E-state index contributed by atoms with van der Waals surface area (Å²) < 4.78 is 0. The highest BCUT2D eigenvalue weighted by Gasteiger charge is 2.35. The zero-order valence-corrected chi connectivity index (χ0v) is 15.3. The van der Waals surface area contributed by atoms with Gasteiger partial charge in [0.2, 0.25) is 17.7 Å². The molecule has 0 unspecified atom stereocenters. The van der Waals surface area contributed by atoms with Gasteiger partial charge in [0.05, 0.1) is 12.3 Å². The van der Waals surface area contributed by atoms with Crippen molar-refractivity contribution in [2.24, 2.45) is 5.92 Å². The minimum Gasteiger partial charge on any atom is -0.312 e. The Labute approximate surface area is 158 Å². The Hall–Kier alpha value is -3.15. The third-order valence-corrected chi connectivity index (χ3v) is 4.66. The molecule has 1 aliphatic heterocycles. The highest BCUT2D eigenvalue weighted by Crippen LogP contribution is 2.26. The van der Waals surface area contributed by atoms with E-state index >= 15 is 0 Å². The van der Waals surface area contributed by atoms with Crippen LogP contribution in [-0.2, 0) is 27.2 Å². The number of hydrogen-bond acceptors (Lipinski definition) is 3. The molecule has 6 heteroatoms. The fourth-order valence-corrected chi connectivity index (χ4v) is 3.14. The quantitative estimate of drug-likeness (QED) is 0.796. The van der Waals surface area contributed by atoms with Crippen LogP contribution in [-0.4, -0.2) is 24.3 Å². The summed E-state index contributed by atoms with van der Waals surface area (Å²) in [6.45, 7) is 2.37. The van der Waals surface area contributed by atoms with Crippen molar-refractivity contribution in [2.45, 2.75) is 26.2 Å². The summed E-state index contributed by atoms with van der Waals surface area (Å²) in [7, 11) is 0. The van der Waals surface area contributed by atoms with E-state index in [9.17, 15) is 14.4 Å². The Morgan fingerprint density at radius 2 is 1.78 bits per heavy atom. The maximum absolute atomic E-state index is 12.3. The molecule has 2 aromatic carbocycles. The number of nitrogens with one attached hydrogen (secondary N) is 2. The van der Waals surface area contributed by atoms with E-state index in [0.29, 0.717) is 6.54 Å². The maximum atomic E-state index is 12.3. The van der Waals surface area contributed by atoms with Crippen molar-refractivity contribution in [3.05, 3.63) is 65.7 Å². The molecule has 0 aromatic heterocycles. The lowest BCUT2D eigenvalue weighted by molar-refractivity contribution is -0.131. The molecule has 140 valence electrons. The Bertz CT molecular complexity index is 836. The van der Waals surface area contributed by atoms with Crippen LogP contribution in [0, 0.1) is 5.92 Å². The molecule has 27 heavy (non-hydrogen) atoms. The molecule has 3 rings (SSSR count). The fraction of sp³-hybridized carbons (Fsp3) is 0.286. The molecule has 0 spiro atoms. The van der Waals surface area contributed by atoms with Gasteiger partial charge in [0.25, 0.3) is 0 Å². The van der Waals surface area contributed by atoms with Gasteiger partial charge in [-0.15, -0.1) is 0 Å². The molecular formula is C21H23N3O3. The average Bonchev–Trinajstić information content (AvgIpc) is 3.09. The van der Waals surface area contributed by atoms with Crippen molar-refractivity contribution < 1.29 is 14.4 Å². The van der Waals surface area contributed by atoms with Crippen molar-refractivity contribution in [2.75, 3.05) is 11.4 Å². The minimum atomic E-state index is -0.486. The average molecular weight is 365 g/mol. The van der Waals surface area contributed by atoms with E-state index in [-0.39, 0.29) is 30.6 Å². The van der Waals surface area contributed by atoms with E-state index in [1.807, 2.05) is 54.6 Å². The van der Waals surface area contributed by atoms with Crippen LogP contribution in [0.3, 0.4) is 0 Å². The smallest absolute Gasteiger partial charge is 0.243 e. The molecule has 3 amide bonds. The molecule has 1 fully saturated rings. The normalized spacial score (nSPS) is 16.3. The number of carbonyl (C=O) groups is 3. The van der Waals surface area contributed by atoms with Crippen LogP contribution in [0.1, 0.15) is 24.5 Å². The third kappa shape index (κ3) is 4.73. The van der Waals surface area contributed by atoms with Gasteiger partial charge in [-0.25, -0.2) is 0 Å². The number of anilines is 1. The zero-order valence-electron chi connectivity index (χ0n) is 15.3. The number of nitrogens with zero attached hydrogens (tertiary/aromatic N) is 1. The van der Waals surface area contributed by atoms with Crippen LogP contribution in [0.2, 0.25) is 0 Å². The van der Waals surface area contributed by atoms with Crippen molar-refractivity contribution >= 4 is 23.4 Å². The lowest BCUT2D eigenvalue weighted by Gasteiger charge is -2.17. The number of aryl methyl sites for hydroxylation is 1. The summed E-state index contributed by atoms with van der Waals surface area (Å²) in [6, 6.07) is 17.1. The first-order chi connectivity index (χ1) is 13.1. The fourth-order valence-electron chi connectivity index (χ4n) is 3.14. The summed E-state index contributed by atoms with van der Waals surface area (Å²) in [5, 5.41) is 0. The third-order valence-electron chi connectivity index (χ3n) is 4.66. The van der Waals surface area contributed by atoms with Gasteiger partial charge in [0.15, 0.2) is 0 Å². The number of hydrogen-bond donors (Lipinski definition) is 2. The monoisotopic (exact) mass is 365 g/mol. The van der Waals surface area contributed by atoms with Crippen molar-refractivity contribution in [3.63, 3.8) is 0 Å². The highest BCUT2D eigenvalue weighted by molar-refractivity contribution is 6.00. The van der Waals surface area contributed by atoms with Gasteiger partial charge in [0, 0.05) is 18.7 Å². The molecule has 2 aromatic rings. The van der Waals surface area contributed by atoms with Crippen LogP contribution in [0.25, 0.3) is 0 Å². The van der Waals surface area contributed by atoms with Gasteiger partial charge >= 0.3 is 0 Å². The van der Waals surface area contributed by atoms with E-state index in [0.717, 1.165) is 23.2 Å². The molecule has 1 heterocycles. The van der Waals surface area contributed by atoms with Crippen LogP contribution in [0.4, 0.5) is 5.69 Å². The first-order valence-electron chi connectivity index (χ1n) is 9.08. The molecule has 0 bridgehead atoms. The molecule has 0 aliphatic carbocycles. The molecular weight excluding hydrogens is 342 g/mol. The predicted octanol–water partition coefficient (Wildman–Crippen LogP) is 1.99. The van der Waals surface area contributed by atoms with E-state index < -0.39 is 5.92 Å². The minimum absolute atomic E-state index is 0.0842. The lowest BCUT2D eigenvalue weighted by atomic mass is 10.1. The van der Waals surface area contributed by atoms with Crippen molar-refractivity contribution in [1.29, 1.82) is 0 Å². The highest BCUT2D eigenvalue weighted by atomic mass is 16.2. The van der Waals surface area contributed by atoms with Gasteiger partial charge in [0.1, 0.15) is 0 Å². The molecule has 2 N–H and O–H groups in total. The Morgan fingerprint density at radius 1 is 1.04 bits per heavy atom. The first-order valence-corrected chi connectivity index (χ1v) is 9.08. The van der Waals surface area contributed by atoms with E-state index in [1.54, 1.807) is 4.90 Å². The molecule has 1 aliphatic rings. The molecule has 0 saturated carbocycles. The second kappa shape index (κ2) is 8.49. The maximum Gasteiger partial charge on any atom is 0.243 e. The Kier molecular flexibility index (Phi) is 5.86. The van der Waals surface area contributed by atoms with Crippen molar-refractivity contribution in [3.8, 4) is 0 Å². The molecule has 0 radical (unpaired) electrons. The summed E-state index contributed by atoms with van der Waals surface area (Å²) >= 11 is 0. The van der Waals surface area contributed by atoms with Crippen LogP contribution < -0.4 is 15.8 Å². The summed E-state index contributed by atoms with van der Waals surface area (Å²) in [4.78, 5) is 38.3. The number of amides is 3. The molecule has 1 atom stereocenters. The number of hydrazine groups is 1. The topological polar surface area (TPSA) is 78.5 Å². The van der Waals surface area contributed by atoms with Gasteiger partial charge in [-0.3, -0.25) is 25.2 Å². The molecule has 1 saturated heterocycles. The number of benzene rings is 2. The zero-order chi connectivity index (χ0) is 19.2. The lowest BCUT2D eigenvalue weighted by Crippen LogP contribution is -2.45. The van der Waals surface area contributed by atoms with E-state index in [1.165, 1.54) is 0 Å². The van der Waals surface area contributed by atoms with Gasteiger partial charge < -0.3 is 4.90 Å². The SMILES string of the molecule is CCc1cccc(N2C[C@@H](C(=O)NNC(=O)Cc3ccccc3)CC2=O)c1. The summed E-state index contributed by atoms with van der Waals surface area (Å²) in [5.74, 6) is -1.22. The van der Waals surface area contributed by atoms with E-state index in [2.05, 4.69) is 17.8 Å². The van der Waals surface area contributed by atoms with Gasteiger partial charge in [-0.05, 0) is 29.7 Å². The second-order valence-electron chi connectivity index (χ2n) is 6.63. The predicted molar refractivity (Wildman–Crippen MR) is 103 cm³/mol. The van der Waals surface area contributed by atoms with Crippen LogP contribution >= 0.6 is 0 Å². The standard InChI is InChI=1S/C21H23N3O3/c1-2-15-9-6-10-18(11-15)24-14-17(13-20(24)26)21(27)23-22-19(25)12-16-7-4-3-5-8-16/h3-11,17H,2,12-14H2,1H3,(H,22,25)(H,23,27)/t17-/m0/s1. The van der Waals surface area contributed by atoms with Gasteiger partial charge in [-0.1, -0.05) is 49.4 Å². The second-order valence-corrected chi connectivity index (χ2v) is 6.63. The van der Waals surface area contributed by atoms with Crippen LogP contribution in [0.15, 0.2) is 54.6 Å².